The molecule has 0 aliphatic heterocycles. The Kier molecular flexibility index (Phi) is 3.76. The van der Waals surface area contributed by atoms with E-state index in [-0.39, 0.29) is 22.8 Å². The average molecular weight is 239 g/mol. The molecule has 0 aliphatic rings. The summed E-state index contributed by atoms with van der Waals surface area (Å²) in [6, 6.07) is 3.42. The van der Waals surface area contributed by atoms with Crippen molar-refractivity contribution in [2.24, 2.45) is 0 Å². The summed E-state index contributed by atoms with van der Waals surface area (Å²) in [5, 5.41) is 19.0. The third-order valence-corrected chi connectivity index (χ3v) is 1.91. The Bertz CT molecular complexity index is 482. The second-order valence-electron chi connectivity index (χ2n) is 3.18. The number of rotatable bonds is 5. The van der Waals surface area contributed by atoms with E-state index in [9.17, 15) is 19.7 Å². The quantitative estimate of drug-likeness (QED) is 0.471. The first-order valence-corrected chi connectivity index (χ1v) is 4.55. The number of hydrogen-bond acceptors (Lipinski definition) is 5. The molecular weight excluding hydrogens is 230 g/mol. The van der Waals surface area contributed by atoms with Crippen LogP contribution in [0.3, 0.4) is 0 Å². The Labute approximate surface area is 95.8 Å². The molecule has 1 aromatic rings. The lowest BCUT2D eigenvalue weighted by molar-refractivity contribution is -0.384. The monoisotopic (exact) mass is 239 g/mol. The predicted molar refractivity (Wildman–Crippen MR) is 56.2 cm³/mol. The van der Waals surface area contributed by atoms with Gasteiger partial charge in [0.2, 0.25) is 0 Å². The van der Waals surface area contributed by atoms with Gasteiger partial charge in [-0.1, -0.05) is 0 Å². The first kappa shape index (κ1) is 12.6. The number of benzene rings is 1. The second-order valence-corrected chi connectivity index (χ2v) is 3.18. The molecule has 0 bridgehead atoms. The molecule has 0 saturated heterocycles. The molecule has 0 radical (unpaired) electrons. The van der Waals surface area contributed by atoms with Gasteiger partial charge >= 0.3 is 5.97 Å². The van der Waals surface area contributed by atoms with E-state index in [1.54, 1.807) is 0 Å². The highest BCUT2D eigenvalue weighted by Crippen LogP contribution is 2.25. The van der Waals surface area contributed by atoms with Gasteiger partial charge in [-0.2, -0.15) is 0 Å². The molecule has 0 spiro atoms. The first-order valence-electron chi connectivity index (χ1n) is 4.55. The Morgan fingerprint density at radius 1 is 1.47 bits per heavy atom. The minimum absolute atomic E-state index is 0.103. The van der Waals surface area contributed by atoms with Crippen molar-refractivity contribution in [3.63, 3.8) is 0 Å². The fourth-order valence-electron chi connectivity index (χ4n) is 1.17. The minimum atomic E-state index is -1.23. The molecule has 0 atom stereocenters. The maximum absolute atomic E-state index is 11.2. The highest BCUT2D eigenvalue weighted by molar-refractivity contribution is 5.97. The number of Topliss-reactive ketones (excluding diaryl/α,β-unsaturated/α-hetero) is 1. The van der Waals surface area contributed by atoms with Crippen LogP contribution in [0.25, 0.3) is 0 Å². The minimum Gasteiger partial charge on any atom is -0.481 e. The van der Waals surface area contributed by atoms with Gasteiger partial charge in [0, 0.05) is 6.07 Å². The summed E-state index contributed by atoms with van der Waals surface area (Å²) in [6.45, 7) is 0.593. The molecule has 1 aromatic carbocycles. The highest BCUT2D eigenvalue weighted by atomic mass is 16.6. The van der Waals surface area contributed by atoms with E-state index in [0.29, 0.717) is 0 Å². The van der Waals surface area contributed by atoms with Crippen LogP contribution in [0.15, 0.2) is 18.2 Å². The van der Waals surface area contributed by atoms with Crippen LogP contribution in [0.4, 0.5) is 5.69 Å². The molecule has 0 aromatic heterocycles. The Morgan fingerprint density at radius 3 is 2.59 bits per heavy atom. The summed E-state index contributed by atoms with van der Waals surface area (Å²) in [5.41, 5.74) is -0.160. The van der Waals surface area contributed by atoms with E-state index >= 15 is 0 Å². The summed E-state index contributed by atoms with van der Waals surface area (Å²) in [6.07, 6.45) is 0. The number of carboxylic acid groups (broad SMARTS) is 1. The maximum atomic E-state index is 11.2. The summed E-state index contributed by atoms with van der Waals surface area (Å²) in [4.78, 5) is 31.4. The number of carbonyl (C=O) groups is 2. The zero-order valence-electron chi connectivity index (χ0n) is 8.87. The third-order valence-electron chi connectivity index (χ3n) is 1.91. The smallest absolute Gasteiger partial charge is 0.341 e. The van der Waals surface area contributed by atoms with Gasteiger partial charge in [-0.15, -0.1) is 0 Å². The summed E-state index contributed by atoms with van der Waals surface area (Å²) in [5.74, 6) is -1.69. The summed E-state index contributed by atoms with van der Waals surface area (Å²) in [7, 11) is 0. The largest absolute Gasteiger partial charge is 0.481 e. The molecule has 1 rings (SSSR count). The fourth-order valence-corrected chi connectivity index (χ4v) is 1.17. The predicted octanol–water partition coefficient (Wildman–Crippen LogP) is 1.26. The molecule has 7 heteroatoms. The molecule has 1 N–H and O–H groups in total. The van der Waals surface area contributed by atoms with Crippen LogP contribution in [0.1, 0.15) is 17.3 Å². The van der Waals surface area contributed by atoms with Gasteiger partial charge in [-0.05, 0) is 13.0 Å². The molecule has 0 amide bonds. The molecule has 0 unspecified atom stereocenters. The second kappa shape index (κ2) is 5.06. The van der Waals surface area contributed by atoms with Crippen molar-refractivity contribution < 1.29 is 24.4 Å². The van der Waals surface area contributed by atoms with Crippen LogP contribution in [-0.4, -0.2) is 28.4 Å². The van der Waals surface area contributed by atoms with Gasteiger partial charge in [0.15, 0.2) is 12.4 Å². The molecule has 0 fully saturated rings. The van der Waals surface area contributed by atoms with Gasteiger partial charge in [0.05, 0.1) is 16.6 Å². The zero-order chi connectivity index (χ0) is 13.0. The van der Waals surface area contributed by atoms with Crippen LogP contribution in [0.2, 0.25) is 0 Å². The highest BCUT2D eigenvalue weighted by Gasteiger charge is 2.15. The molecule has 7 nitrogen and oxygen atoms in total. The van der Waals surface area contributed by atoms with E-state index in [0.717, 1.165) is 12.1 Å². The Morgan fingerprint density at radius 2 is 2.12 bits per heavy atom. The topological polar surface area (TPSA) is 107 Å². The van der Waals surface area contributed by atoms with Crippen molar-refractivity contribution in [3.8, 4) is 5.75 Å². The molecular formula is C10H9NO6. The SMILES string of the molecule is CC(=O)c1ccc([N+](=O)[O-])cc1OCC(=O)O. The summed E-state index contributed by atoms with van der Waals surface area (Å²) >= 11 is 0. The number of hydrogen-bond donors (Lipinski definition) is 1. The van der Waals surface area contributed by atoms with Gasteiger partial charge in [0.25, 0.3) is 5.69 Å². The first-order chi connectivity index (χ1) is 7.91. The van der Waals surface area contributed by atoms with Gasteiger partial charge in [-0.3, -0.25) is 14.9 Å². The average Bonchev–Trinajstić information content (AvgIpc) is 2.25. The number of non-ortho nitro benzene ring substituents is 1. The van der Waals surface area contributed by atoms with Crippen LogP contribution in [0, 0.1) is 10.1 Å². The molecule has 0 aliphatic carbocycles. The van der Waals surface area contributed by atoms with Crippen molar-refractivity contribution in [1.29, 1.82) is 0 Å². The van der Waals surface area contributed by atoms with E-state index in [1.807, 2.05) is 0 Å². The summed E-state index contributed by atoms with van der Waals surface area (Å²) < 4.78 is 4.83. The number of carbonyl (C=O) groups excluding carboxylic acids is 1. The van der Waals surface area contributed by atoms with Crippen LogP contribution >= 0.6 is 0 Å². The van der Waals surface area contributed by atoms with Crippen molar-refractivity contribution in [2.45, 2.75) is 6.92 Å². The number of ketones is 1. The van der Waals surface area contributed by atoms with Crippen molar-refractivity contribution >= 4 is 17.4 Å². The van der Waals surface area contributed by atoms with Crippen LogP contribution < -0.4 is 4.74 Å². The molecule has 17 heavy (non-hydrogen) atoms. The standard InChI is InChI=1S/C10H9NO6/c1-6(12)8-3-2-7(11(15)16)4-9(8)17-5-10(13)14/h2-4H,5H2,1H3,(H,13,14). The zero-order valence-corrected chi connectivity index (χ0v) is 8.87. The van der Waals surface area contributed by atoms with Crippen molar-refractivity contribution in [3.05, 3.63) is 33.9 Å². The van der Waals surface area contributed by atoms with E-state index in [2.05, 4.69) is 0 Å². The molecule has 90 valence electrons. The maximum Gasteiger partial charge on any atom is 0.341 e. The van der Waals surface area contributed by atoms with Crippen molar-refractivity contribution in [2.75, 3.05) is 6.61 Å². The Balaban J connectivity index is 3.11. The third kappa shape index (κ3) is 3.26. The van der Waals surface area contributed by atoms with E-state index < -0.39 is 17.5 Å². The lowest BCUT2D eigenvalue weighted by atomic mass is 10.1. The van der Waals surface area contributed by atoms with E-state index in [1.165, 1.54) is 13.0 Å². The Hall–Kier alpha value is -2.44. The van der Waals surface area contributed by atoms with Crippen molar-refractivity contribution in [1.82, 2.24) is 0 Å². The normalized spacial score (nSPS) is 9.71. The lowest BCUT2D eigenvalue weighted by Crippen LogP contribution is -2.11. The molecule has 0 heterocycles. The lowest BCUT2D eigenvalue weighted by Gasteiger charge is -2.07. The van der Waals surface area contributed by atoms with E-state index in [4.69, 9.17) is 9.84 Å². The number of aliphatic carboxylic acids is 1. The fraction of sp³-hybridized carbons (Fsp3) is 0.200. The van der Waals surface area contributed by atoms with Gasteiger partial charge in [0.1, 0.15) is 5.75 Å². The number of nitro groups is 1. The number of nitrogens with zero attached hydrogens (tertiary/aromatic N) is 1. The number of nitro benzene ring substituents is 1. The van der Waals surface area contributed by atoms with Crippen LogP contribution in [-0.2, 0) is 4.79 Å². The van der Waals surface area contributed by atoms with Gasteiger partial charge < -0.3 is 9.84 Å². The van der Waals surface area contributed by atoms with Crippen LogP contribution in [0.5, 0.6) is 5.75 Å². The molecule has 0 saturated carbocycles. The van der Waals surface area contributed by atoms with Gasteiger partial charge in [-0.25, -0.2) is 4.79 Å². The number of carboxylic acids is 1. The number of ether oxygens (including phenoxy) is 1.